The Labute approximate surface area is 124 Å². The summed E-state index contributed by atoms with van der Waals surface area (Å²) in [4.78, 5) is 25.9. The Morgan fingerprint density at radius 3 is 2.71 bits per heavy atom. The molecule has 0 N–H and O–H groups in total. The molecule has 2 unspecified atom stereocenters. The first-order chi connectivity index (χ1) is 10.0. The molecule has 1 heterocycles. The molecule has 0 radical (unpaired) electrons. The Balaban J connectivity index is 2.10. The third kappa shape index (κ3) is 3.61. The van der Waals surface area contributed by atoms with Crippen molar-refractivity contribution in [1.29, 1.82) is 0 Å². The smallest absolute Gasteiger partial charge is 0.328 e. The highest BCUT2D eigenvalue weighted by Crippen LogP contribution is 2.22. The number of benzene rings is 1. The molecule has 0 aromatic heterocycles. The molecule has 1 aliphatic rings. The molecule has 114 valence electrons. The van der Waals surface area contributed by atoms with E-state index >= 15 is 0 Å². The zero-order valence-electron chi connectivity index (χ0n) is 12.7. The lowest BCUT2D eigenvalue weighted by molar-refractivity contribution is -0.150. The van der Waals surface area contributed by atoms with Gasteiger partial charge in [0.15, 0.2) is 0 Å². The van der Waals surface area contributed by atoms with E-state index < -0.39 is 6.04 Å². The van der Waals surface area contributed by atoms with Crippen molar-refractivity contribution in [3.05, 3.63) is 35.4 Å². The Morgan fingerprint density at radius 2 is 2.10 bits per heavy atom. The summed E-state index contributed by atoms with van der Waals surface area (Å²) in [7, 11) is 2.93. The monoisotopic (exact) mass is 291 g/mol. The van der Waals surface area contributed by atoms with Gasteiger partial charge in [-0.05, 0) is 12.5 Å². The number of methoxy groups -OCH3 is 2. The van der Waals surface area contributed by atoms with Crippen molar-refractivity contribution in [2.75, 3.05) is 20.8 Å². The van der Waals surface area contributed by atoms with E-state index in [0.717, 1.165) is 11.1 Å². The molecule has 0 saturated carbocycles. The number of likely N-dealkylation sites (tertiary alicyclic amines) is 1. The average Bonchev–Trinajstić information content (AvgIpc) is 2.91. The minimum atomic E-state index is -0.544. The van der Waals surface area contributed by atoms with Gasteiger partial charge in [0, 0.05) is 20.1 Å². The van der Waals surface area contributed by atoms with E-state index in [1.165, 1.54) is 7.11 Å². The fourth-order valence-electron chi connectivity index (χ4n) is 2.70. The molecule has 2 rings (SSSR count). The Kier molecular flexibility index (Phi) is 4.96. The van der Waals surface area contributed by atoms with E-state index in [4.69, 9.17) is 9.47 Å². The van der Waals surface area contributed by atoms with Crippen LogP contribution in [-0.2, 0) is 25.5 Å². The molecule has 5 heteroatoms. The van der Waals surface area contributed by atoms with Crippen LogP contribution in [0.5, 0.6) is 0 Å². The lowest BCUT2D eigenvalue weighted by atomic mass is 10.1. The number of aryl methyl sites for hydroxylation is 1. The molecule has 0 bridgehead atoms. The van der Waals surface area contributed by atoms with Crippen molar-refractivity contribution < 1.29 is 19.1 Å². The van der Waals surface area contributed by atoms with Gasteiger partial charge in [-0.1, -0.05) is 29.8 Å². The summed E-state index contributed by atoms with van der Waals surface area (Å²) in [6.07, 6.45) is 0.657. The quantitative estimate of drug-likeness (QED) is 0.785. The van der Waals surface area contributed by atoms with Crippen LogP contribution in [0.3, 0.4) is 0 Å². The molecule has 1 fully saturated rings. The normalized spacial score (nSPS) is 21.4. The lowest BCUT2D eigenvalue weighted by Gasteiger charge is -2.22. The van der Waals surface area contributed by atoms with Crippen LogP contribution >= 0.6 is 0 Å². The fourth-order valence-corrected chi connectivity index (χ4v) is 2.70. The minimum Gasteiger partial charge on any atom is -0.467 e. The second kappa shape index (κ2) is 6.72. The van der Waals surface area contributed by atoms with Gasteiger partial charge in [-0.15, -0.1) is 0 Å². The van der Waals surface area contributed by atoms with Gasteiger partial charge in [0.2, 0.25) is 5.91 Å². The summed E-state index contributed by atoms with van der Waals surface area (Å²) in [5.41, 5.74) is 2.06. The van der Waals surface area contributed by atoms with Crippen LogP contribution in [-0.4, -0.2) is 49.7 Å². The van der Waals surface area contributed by atoms with Crippen molar-refractivity contribution in [1.82, 2.24) is 4.90 Å². The van der Waals surface area contributed by atoms with E-state index in [1.807, 2.05) is 31.2 Å². The van der Waals surface area contributed by atoms with Gasteiger partial charge in [-0.25, -0.2) is 4.79 Å². The number of hydrogen-bond acceptors (Lipinski definition) is 4. The fraction of sp³-hybridized carbons (Fsp3) is 0.500. The molecule has 21 heavy (non-hydrogen) atoms. The zero-order chi connectivity index (χ0) is 15.4. The summed E-state index contributed by atoms with van der Waals surface area (Å²) in [5.74, 6) is -0.456. The molecule has 1 aromatic rings. The maximum absolute atomic E-state index is 12.5. The molecule has 1 amide bonds. The van der Waals surface area contributed by atoms with E-state index in [2.05, 4.69) is 0 Å². The highest BCUT2D eigenvalue weighted by Gasteiger charge is 2.40. The largest absolute Gasteiger partial charge is 0.467 e. The molecule has 1 saturated heterocycles. The number of carbonyl (C=O) groups is 2. The number of hydrogen-bond donors (Lipinski definition) is 0. The van der Waals surface area contributed by atoms with E-state index in [-0.39, 0.29) is 24.4 Å². The van der Waals surface area contributed by atoms with Crippen LogP contribution in [0.2, 0.25) is 0 Å². The Morgan fingerprint density at radius 1 is 1.33 bits per heavy atom. The van der Waals surface area contributed by atoms with Crippen LogP contribution in [0.25, 0.3) is 0 Å². The zero-order valence-corrected chi connectivity index (χ0v) is 12.7. The molecule has 2 atom stereocenters. The maximum atomic E-state index is 12.5. The van der Waals surface area contributed by atoms with Crippen molar-refractivity contribution in [3.63, 3.8) is 0 Å². The Bertz CT molecular complexity index is 529. The first-order valence-corrected chi connectivity index (χ1v) is 7.00. The summed E-state index contributed by atoms with van der Waals surface area (Å²) < 4.78 is 10.1. The number of rotatable bonds is 4. The molecule has 0 aliphatic carbocycles. The second-order valence-electron chi connectivity index (χ2n) is 5.34. The van der Waals surface area contributed by atoms with Crippen LogP contribution < -0.4 is 0 Å². The van der Waals surface area contributed by atoms with Gasteiger partial charge in [-0.2, -0.15) is 0 Å². The van der Waals surface area contributed by atoms with E-state index in [1.54, 1.807) is 12.0 Å². The summed E-state index contributed by atoms with van der Waals surface area (Å²) in [5, 5.41) is 0. The number of esters is 1. The van der Waals surface area contributed by atoms with Gasteiger partial charge >= 0.3 is 5.97 Å². The van der Waals surface area contributed by atoms with Crippen LogP contribution in [0, 0.1) is 6.92 Å². The lowest BCUT2D eigenvalue weighted by Crippen LogP contribution is -2.42. The molecule has 1 aromatic carbocycles. The van der Waals surface area contributed by atoms with Crippen LogP contribution in [0.4, 0.5) is 0 Å². The number of carbonyl (C=O) groups excluding carboxylic acids is 2. The van der Waals surface area contributed by atoms with E-state index in [9.17, 15) is 9.59 Å². The molecule has 5 nitrogen and oxygen atoms in total. The topological polar surface area (TPSA) is 55.8 Å². The summed E-state index contributed by atoms with van der Waals surface area (Å²) >= 11 is 0. The van der Waals surface area contributed by atoms with Gasteiger partial charge < -0.3 is 14.4 Å². The first kappa shape index (κ1) is 15.5. The summed E-state index contributed by atoms with van der Waals surface area (Å²) in [6, 6.07) is 7.27. The molecular weight excluding hydrogens is 270 g/mol. The van der Waals surface area contributed by atoms with E-state index in [0.29, 0.717) is 13.0 Å². The number of nitrogens with zero attached hydrogens (tertiary/aromatic N) is 1. The van der Waals surface area contributed by atoms with Crippen molar-refractivity contribution >= 4 is 11.9 Å². The first-order valence-electron chi connectivity index (χ1n) is 7.00. The highest BCUT2D eigenvalue weighted by molar-refractivity contribution is 5.86. The third-order valence-electron chi connectivity index (χ3n) is 3.83. The predicted molar refractivity (Wildman–Crippen MR) is 77.8 cm³/mol. The predicted octanol–water partition coefficient (Wildman–Crippen LogP) is 1.33. The van der Waals surface area contributed by atoms with Crippen molar-refractivity contribution in [3.8, 4) is 0 Å². The SMILES string of the molecule is COC(=O)C1CC(OC)CN1C(=O)Cc1cccc(C)c1. The van der Waals surface area contributed by atoms with Crippen molar-refractivity contribution in [2.45, 2.75) is 31.9 Å². The molecule has 0 spiro atoms. The second-order valence-corrected chi connectivity index (χ2v) is 5.34. The third-order valence-corrected chi connectivity index (χ3v) is 3.83. The Hall–Kier alpha value is -1.88. The minimum absolute atomic E-state index is 0.0736. The maximum Gasteiger partial charge on any atom is 0.328 e. The molecular formula is C16H21NO4. The van der Waals surface area contributed by atoms with Gasteiger partial charge in [-0.3, -0.25) is 4.79 Å². The number of ether oxygens (including phenoxy) is 2. The summed E-state index contributed by atoms with van der Waals surface area (Å²) in [6.45, 7) is 2.42. The van der Waals surface area contributed by atoms with Crippen molar-refractivity contribution in [2.24, 2.45) is 0 Å². The standard InChI is InChI=1S/C16H21NO4/c1-11-5-4-6-12(7-11)8-15(18)17-10-13(20-2)9-14(17)16(19)21-3/h4-7,13-14H,8-10H2,1-3H3. The van der Waals surface area contributed by atoms with Crippen LogP contribution in [0.15, 0.2) is 24.3 Å². The average molecular weight is 291 g/mol. The van der Waals surface area contributed by atoms with Crippen LogP contribution in [0.1, 0.15) is 17.5 Å². The van der Waals surface area contributed by atoms with Gasteiger partial charge in [0.05, 0.1) is 19.6 Å². The van der Waals surface area contributed by atoms with Gasteiger partial charge in [0.25, 0.3) is 0 Å². The highest BCUT2D eigenvalue weighted by atomic mass is 16.5. The van der Waals surface area contributed by atoms with Gasteiger partial charge in [0.1, 0.15) is 6.04 Å². The molecule has 1 aliphatic heterocycles. The number of amides is 1.